The summed E-state index contributed by atoms with van der Waals surface area (Å²) in [6, 6.07) is 16.8. The predicted octanol–water partition coefficient (Wildman–Crippen LogP) is 4.17. The third kappa shape index (κ3) is 5.94. The van der Waals surface area contributed by atoms with Crippen molar-refractivity contribution in [1.29, 1.82) is 0 Å². The van der Waals surface area contributed by atoms with Crippen LogP contribution in [0.4, 0.5) is 10.5 Å². The Morgan fingerprint density at radius 1 is 1.08 bits per heavy atom. The molecule has 2 aromatic rings. The van der Waals surface area contributed by atoms with Crippen molar-refractivity contribution in [2.75, 3.05) is 23.1 Å². The molecule has 2 aliphatic heterocycles. The second-order valence-electron chi connectivity index (χ2n) is 10.1. The molecular weight excluding hydrogens is 479 g/mol. The van der Waals surface area contributed by atoms with Crippen molar-refractivity contribution in [2.45, 2.75) is 51.9 Å². The largest absolute Gasteiger partial charge is 0.492 e. The van der Waals surface area contributed by atoms with Crippen LogP contribution in [0.1, 0.15) is 45.2 Å². The average Bonchev–Trinajstić information content (AvgIpc) is 3.29. The summed E-state index contributed by atoms with van der Waals surface area (Å²) < 4.78 is 44.1. The molecule has 0 aliphatic carbocycles. The van der Waals surface area contributed by atoms with Crippen LogP contribution in [0.25, 0.3) is 6.08 Å². The SMILES string of the molecule is CC1(C)OB(C(=Cc2cccc(N3CCCS3(=O)=O)c2)CNC(=O)OCc2ccccc2)OC1(C)C. The zero-order valence-corrected chi connectivity index (χ0v) is 22.0. The molecule has 8 nitrogen and oxygen atoms in total. The first-order valence-corrected chi connectivity index (χ1v) is 13.7. The van der Waals surface area contributed by atoms with Gasteiger partial charge in [-0.25, -0.2) is 13.2 Å². The highest BCUT2D eigenvalue weighted by molar-refractivity contribution is 7.93. The number of benzene rings is 2. The molecule has 1 N–H and O–H groups in total. The molecule has 0 unspecified atom stereocenters. The summed E-state index contributed by atoms with van der Waals surface area (Å²) in [5, 5.41) is 2.79. The lowest BCUT2D eigenvalue weighted by molar-refractivity contribution is 0.00578. The van der Waals surface area contributed by atoms with Gasteiger partial charge in [0.15, 0.2) is 0 Å². The van der Waals surface area contributed by atoms with Crippen LogP contribution in [0.3, 0.4) is 0 Å². The zero-order valence-electron chi connectivity index (χ0n) is 21.2. The molecule has 2 heterocycles. The number of ether oxygens (including phenoxy) is 1. The van der Waals surface area contributed by atoms with Gasteiger partial charge in [-0.1, -0.05) is 48.5 Å². The van der Waals surface area contributed by atoms with Crippen LogP contribution < -0.4 is 9.62 Å². The fraction of sp³-hybridized carbons (Fsp3) is 0.423. The maximum atomic E-state index is 12.4. The molecule has 0 aromatic heterocycles. The number of alkyl carbamates (subject to hydrolysis) is 1. The van der Waals surface area contributed by atoms with E-state index in [-0.39, 0.29) is 18.9 Å². The van der Waals surface area contributed by atoms with E-state index in [2.05, 4.69) is 5.32 Å². The maximum absolute atomic E-state index is 12.4. The predicted molar refractivity (Wildman–Crippen MR) is 141 cm³/mol. The second kappa shape index (κ2) is 10.3. The van der Waals surface area contributed by atoms with Gasteiger partial charge in [0, 0.05) is 13.1 Å². The number of rotatable bonds is 7. The molecule has 0 spiro atoms. The van der Waals surface area contributed by atoms with Crippen LogP contribution in [-0.4, -0.2) is 51.7 Å². The third-order valence-electron chi connectivity index (χ3n) is 6.82. The summed E-state index contributed by atoms with van der Waals surface area (Å²) in [6.07, 6.45) is 1.92. The molecule has 2 fully saturated rings. The van der Waals surface area contributed by atoms with E-state index in [4.69, 9.17) is 14.0 Å². The number of hydrogen-bond donors (Lipinski definition) is 1. The molecule has 1 amide bonds. The highest BCUT2D eigenvalue weighted by Gasteiger charge is 2.52. The first kappa shape index (κ1) is 26.3. The van der Waals surface area contributed by atoms with Gasteiger partial charge in [-0.05, 0) is 62.8 Å². The standard InChI is InChI=1S/C26H33BN2O6S/c1-25(2)26(3,4)35-27(34-25)22(18-28-24(30)33-19-20-10-6-5-7-11-20)16-21-12-8-13-23(17-21)29-14-9-15-36(29,31)32/h5-8,10-13,16-17H,9,14-15,18-19H2,1-4H3,(H,28,30). The molecule has 0 bridgehead atoms. The van der Waals surface area contributed by atoms with Gasteiger partial charge in [-0.3, -0.25) is 4.31 Å². The van der Waals surface area contributed by atoms with E-state index in [0.29, 0.717) is 24.1 Å². The molecule has 36 heavy (non-hydrogen) atoms. The monoisotopic (exact) mass is 512 g/mol. The summed E-state index contributed by atoms with van der Waals surface area (Å²) in [6.45, 7) is 8.62. The maximum Gasteiger partial charge on any atom is 0.492 e. The van der Waals surface area contributed by atoms with E-state index < -0.39 is 34.4 Å². The lowest BCUT2D eigenvalue weighted by Crippen LogP contribution is -2.41. The fourth-order valence-electron chi connectivity index (χ4n) is 4.06. The molecule has 4 rings (SSSR count). The molecule has 0 atom stereocenters. The molecule has 192 valence electrons. The summed E-state index contributed by atoms with van der Waals surface area (Å²) in [5.41, 5.74) is 1.85. The van der Waals surface area contributed by atoms with Gasteiger partial charge in [-0.2, -0.15) is 0 Å². The Bertz CT molecular complexity index is 1210. The van der Waals surface area contributed by atoms with Crippen molar-refractivity contribution in [3.05, 3.63) is 71.2 Å². The van der Waals surface area contributed by atoms with Crippen LogP contribution in [0.15, 0.2) is 60.1 Å². The van der Waals surface area contributed by atoms with Crippen molar-refractivity contribution in [2.24, 2.45) is 0 Å². The van der Waals surface area contributed by atoms with Gasteiger partial charge in [-0.15, -0.1) is 0 Å². The Morgan fingerprint density at radius 2 is 1.78 bits per heavy atom. The number of nitrogens with one attached hydrogen (secondary N) is 1. The van der Waals surface area contributed by atoms with Crippen LogP contribution in [-0.2, 0) is 30.7 Å². The quantitative estimate of drug-likeness (QED) is 0.560. The summed E-state index contributed by atoms with van der Waals surface area (Å²) in [5.74, 6) is 0.154. The van der Waals surface area contributed by atoms with Crippen LogP contribution >= 0.6 is 0 Å². The Morgan fingerprint density at radius 3 is 2.42 bits per heavy atom. The number of carbonyl (C=O) groups is 1. The molecule has 2 aliphatic rings. The first-order valence-electron chi connectivity index (χ1n) is 12.1. The number of nitrogens with zero attached hydrogens (tertiary/aromatic N) is 1. The van der Waals surface area contributed by atoms with Gasteiger partial charge in [0.1, 0.15) is 6.61 Å². The van der Waals surface area contributed by atoms with Crippen molar-refractivity contribution in [3.63, 3.8) is 0 Å². The first-order chi connectivity index (χ1) is 17.0. The van der Waals surface area contributed by atoms with Crippen molar-refractivity contribution < 1.29 is 27.3 Å². The lowest BCUT2D eigenvalue weighted by Gasteiger charge is -2.32. The number of sulfonamides is 1. The van der Waals surface area contributed by atoms with E-state index in [1.54, 1.807) is 6.07 Å². The summed E-state index contributed by atoms with van der Waals surface area (Å²) in [4.78, 5) is 12.4. The number of anilines is 1. The summed E-state index contributed by atoms with van der Waals surface area (Å²) in [7, 11) is -3.98. The molecule has 0 saturated carbocycles. The summed E-state index contributed by atoms with van der Waals surface area (Å²) >= 11 is 0. The Kier molecular flexibility index (Phi) is 7.50. The van der Waals surface area contributed by atoms with Crippen LogP contribution in [0.2, 0.25) is 0 Å². The molecule has 10 heteroatoms. The highest BCUT2D eigenvalue weighted by atomic mass is 32.2. The molecule has 0 radical (unpaired) electrons. The second-order valence-corrected chi connectivity index (χ2v) is 12.1. The minimum absolute atomic E-state index is 0.136. The Hall–Kier alpha value is -2.82. The topological polar surface area (TPSA) is 94.2 Å². The van der Waals surface area contributed by atoms with Crippen LogP contribution in [0, 0.1) is 0 Å². The number of amides is 1. The van der Waals surface area contributed by atoms with Crippen LogP contribution in [0.5, 0.6) is 0 Å². The van der Waals surface area contributed by atoms with Gasteiger partial charge >= 0.3 is 13.2 Å². The van der Waals surface area contributed by atoms with Gasteiger partial charge in [0.05, 0.1) is 22.6 Å². The highest BCUT2D eigenvalue weighted by Crippen LogP contribution is 2.39. The fourth-order valence-corrected chi connectivity index (χ4v) is 5.61. The van der Waals surface area contributed by atoms with E-state index in [1.165, 1.54) is 4.31 Å². The van der Waals surface area contributed by atoms with Crippen molar-refractivity contribution in [3.8, 4) is 0 Å². The zero-order chi connectivity index (χ0) is 26.0. The van der Waals surface area contributed by atoms with Gasteiger partial charge in [0.2, 0.25) is 10.0 Å². The molecule has 2 saturated heterocycles. The minimum atomic E-state index is -3.29. The average molecular weight is 512 g/mol. The van der Waals surface area contributed by atoms with Gasteiger partial charge < -0.3 is 19.4 Å². The Labute approximate surface area is 213 Å². The number of carbonyl (C=O) groups excluding carboxylic acids is 1. The third-order valence-corrected chi connectivity index (χ3v) is 8.68. The smallest absolute Gasteiger partial charge is 0.445 e. The van der Waals surface area contributed by atoms with E-state index in [9.17, 15) is 13.2 Å². The van der Waals surface area contributed by atoms with Gasteiger partial charge in [0.25, 0.3) is 0 Å². The molecule has 2 aromatic carbocycles. The molecular formula is C26H33BN2O6S. The van der Waals surface area contributed by atoms with Crippen molar-refractivity contribution in [1.82, 2.24) is 5.32 Å². The normalized spacial score (nSPS) is 20.4. The lowest BCUT2D eigenvalue weighted by atomic mass is 9.77. The van der Waals surface area contributed by atoms with E-state index in [1.807, 2.05) is 82.3 Å². The van der Waals surface area contributed by atoms with E-state index >= 15 is 0 Å². The number of hydrogen-bond acceptors (Lipinski definition) is 6. The van der Waals surface area contributed by atoms with E-state index in [0.717, 1.165) is 11.1 Å². The Balaban J connectivity index is 1.53. The minimum Gasteiger partial charge on any atom is -0.445 e. The van der Waals surface area contributed by atoms with Crippen molar-refractivity contribution >= 4 is 35.0 Å².